The van der Waals surface area contributed by atoms with Gasteiger partial charge in [0.2, 0.25) is 0 Å². The van der Waals surface area contributed by atoms with E-state index in [1.54, 1.807) is 18.5 Å². The minimum absolute atomic E-state index is 0.0738. The Morgan fingerprint density at radius 3 is 2.55 bits per heavy atom. The monoisotopic (exact) mass is 424 g/mol. The topological polar surface area (TPSA) is 96.0 Å². The Morgan fingerprint density at radius 1 is 1.16 bits per heavy atom. The standard InChI is InChI=1S/C23H32N6O2/c1-3-16(2)13-29-18-17(19(30)27-15-26-18)28-20(29)23-8-5-22(6-9-23,7-10-23)14-31-21-24-11-4-12-25-21/h4,11-12,15-16,20,28H,3,5-10,13-14H2,1-2H3,(H,26,27,30). The second kappa shape index (κ2) is 7.80. The molecule has 3 aliphatic carbocycles. The molecule has 166 valence electrons. The van der Waals surface area contributed by atoms with Gasteiger partial charge in [0.15, 0.2) is 5.82 Å². The molecule has 0 spiro atoms. The number of hydrogen-bond donors (Lipinski definition) is 2. The van der Waals surface area contributed by atoms with Crippen LogP contribution in [0.4, 0.5) is 11.5 Å². The number of rotatable bonds is 7. The van der Waals surface area contributed by atoms with E-state index < -0.39 is 0 Å². The van der Waals surface area contributed by atoms with Crippen LogP contribution < -0.4 is 20.5 Å². The maximum absolute atomic E-state index is 12.5. The first-order chi connectivity index (χ1) is 15.0. The zero-order chi connectivity index (χ0) is 21.5. The quantitative estimate of drug-likeness (QED) is 0.701. The highest BCUT2D eigenvalue weighted by atomic mass is 16.5. The molecule has 0 saturated heterocycles. The Morgan fingerprint density at radius 2 is 1.87 bits per heavy atom. The van der Waals surface area contributed by atoms with Crippen molar-refractivity contribution >= 4 is 11.5 Å². The molecule has 1 aliphatic heterocycles. The molecule has 31 heavy (non-hydrogen) atoms. The Kier molecular flexibility index (Phi) is 5.10. The van der Waals surface area contributed by atoms with Gasteiger partial charge in [-0.3, -0.25) is 4.79 Å². The number of hydrogen-bond acceptors (Lipinski definition) is 7. The van der Waals surface area contributed by atoms with Gasteiger partial charge in [-0.15, -0.1) is 0 Å². The maximum atomic E-state index is 12.5. The summed E-state index contributed by atoms with van der Waals surface area (Å²) in [4.78, 5) is 30.6. The molecule has 0 aromatic carbocycles. The van der Waals surface area contributed by atoms with Crippen molar-refractivity contribution in [2.45, 2.75) is 65.0 Å². The molecule has 6 rings (SSSR count). The van der Waals surface area contributed by atoms with Crippen molar-refractivity contribution in [3.05, 3.63) is 35.1 Å². The number of ether oxygens (including phenoxy) is 1. The van der Waals surface area contributed by atoms with Gasteiger partial charge in [-0.2, -0.15) is 0 Å². The lowest BCUT2D eigenvalue weighted by Gasteiger charge is -2.56. The van der Waals surface area contributed by atoms with Gasteiger partial charge in [-0.25, -0.2) is 15.0 Å². The van der Waals surface area contributed by atoms with Gasteiger partial charge >= 0.3 is 6.01 Å². The van der Waals surface area contributed by atoms with E-state index in [1.807, 2.05) is 0 Å². The number of anilines is 2. The van der Waals surface area contributed by atoms with Gasteiger partial charge in [0.05, 0.1) is 12.9 Å². The molecule has 3 saturated carbocycles. The average molecular weight is 425 g/mol. The summed E-state index contributed by atoms with van der Waals surface area (Å²) in [6.07, 6.45) is 13.0. The fourth-order valence-corrected chi connectivity index (χ4v) is 5.71. The van der Waals surface area contributed by atoms with Crippen LogP contribution in [0, 0.1) is 16.7 Å². The van der Waals surface area contributed by atoms with Crippen molar-refractivity contribution in [3.8, 4) is 6.01 Å². The van der Waals surface area contributed by atoms with Crippen molar-refractivity contribution in [3.63, 3.8) is 0 Å². The molecule has 4 aliphatic rings. The third-order valence-corrected chi connectivity index (χ3v) is 7.99. The highest BCUT2D eigenvalue weighted by molar-refractivity contribution is 5.71. The highest BCUT2D eigenvalue weighted by Crippen LogP contribution is 2.60. The first-order valence-electron chi connectivity index (χ1n) is 11.5. The molecule has 0 radical (unpaired) electrons. The number of nitrogens with zero attached hydrogens (tertiary/aromatic N) is 4. The normalized spacial score (nSPS) is 30.0. The minimum atomic E-state index is -0.0738. The second-order valence-corrected chi connectivity index (χ2v) is 9.83. The van der Waals surface area contributed by atoms with E-state index in [-0.39, 0.29) is 22.6 Å². The first kappa shape index (κ1) is 20.3. The Balaban J connectivity index is 1.34. The predicted octanol–water partition coefficient (Wildman–Crippen LogP) is 3.58. The van der Waals surface area contributed by atoms with Crippen LogP contribution in [-0.4, -0.2) is 39.3 Å². The van der Waals surface area contributed by atoms with E-state index >= 15 is 0 Å². The number of aromatic amines is 1. The summed E-state index contributed by atoms with van der Waals surface area (Å²) in [7, 11) is 0. The number of H-pyrrole nitrogens is 1. The molecule has 8 heteroatoms. The lowest BCUT2D eigenvalue weighted by Crippen LogP contribution is -2.57. The van der Waals surface area contributed by atoms with Crippen LogP contribution in [0.25, 0.3) is 0 Å². The lowest BCUT2D eigenvalue weighted by molar-refractivity contribution is -0.0464. The second-order valence-electron chi connectivity index (χ2n) is 9.83. The van der Waals surface area contributed by atoms with Gasteiger partial charge in [-0.05, 0) is 50.5 Å². The summed E-state index contributed by atoms with van der Waals surface area (Å²) in [5.41, 5.74) is 0.933. The van der Waals surface area contributed by atoms with Crippen molar-refractivity contribution in [1.82, 2.24) is 19.9 Å². The van der Waals surface area contributed by atoms with Crippen LogP contribution in [0.1, 0.15) is 58.8 Å². The fraction of sp³-hybridized carbons (Fsp3) is 0.652. The van der Waals surface area contributed by atoms with E-state index in [2.05, 4.69) is 44.0 Å². The molecule has 2 aromatic heterocycles. The van der Waals surface area contributed by atoms with E-state index in [0.29, 0.717) is 24.2 Å². The van der Waals surface area contributed by atoms with Gasteiger partial charge in [0, 0.05) is 29.8 Å². The third kappa shape index (κ3) is 3.55. The molecule has 8 nitrogen and oxygen atoms in total. The lowest BCUT2D eigenvalue weighted by atomic mass is 9.53. The summed E-state index contributed by atoms with van der Waals surface area (Å²) in [5, 5.41) is 3.61. The van der Waals surface area contributed by atoms with Gasteiger partial charge in [0.25, 0.3) is 5.56 Å². The van der Waals surface area contributed by atoms with E-state index in [4.69, 9.17) is 4.74 Å². The zero-order valence-electron chi connectivity index (χ0n) is 18.4. The number of aromatic nitrogens is 4. The molecular formula is C23H32N6O2. The van der Waals surface area contributed by atoms with Gasteiger partial charge in [-0.1, -0.05) is 20.3 Å². The van der Waals surface area contributed by atoms with Crippen LogP contribution >= 0.6 is 0 Å². The molecule has 2 bridgehead atoms. The molecule has 2 N–H and O–H groups in total. The molecule has 2 aromatic rings. The number of nitrogens with one attached hydrogen (secondary N) is 2. The van der Waals surface area contributed by atoms with E-state index in [1.165, 1.54) is 6.33 Å². The maximum Gasteiger partial charge on any atom is 0.316 e. The largest absolute Gasteiger partial charge is 0.463 e. The van der Waals surface area contributed by atoms with Crippen molar-refractivity contribution < 1.29 is 4.74 Å². The highest BCUT2D eigenvalue weighted by Gasteiger charge is 2.56. The average Bonchev–Trinajstić information content (AvgIpc) is 3.20. The van der Waals surface area contributed by atoms with E-state index in [0.717, 1.165) is 57.3 Å². The fourth-order valence-electron chi connectivity index (χ4n) is 5.71. The van der Waals surface area contributed by atoms with Crippen LogP contribution in [0.15, 0.2) is 29.6 Å². The van der Waals surface area contributed by atoms with Crippen LogP contribution in [-0.2, 0) is 0 Å². The smallest absolute Gasteiger partial charge is 0.316 e. The Hall–Kier alpha value is -2.64. The molecule has 0 amide bonds. The Labute approximate surface area is 182 Å². The summed E-state index contributed by atoms with van der Waals surface area (Å²) >= 11 is 0. The van der Waals surface area contributed by atoms with Crippen LogP contribution in [0.5, 0.6) is 6.01 Å². The van der Waals surface area contributed by atoms with Gasteiger partial charge < -0.3 is 19.9 Å². The summed E-state index contributed by atoms with van der Waals surface area (Å²) in [6.45, 7) is 6.09. The van der Waals surface area contributed by atoms with Crippen molar-refractivity contribution in [1.29, 1.82) is 0 Å². The SMILES string of the molecule is CCC(C)CN1c2nc[nH]c(=O)c2NC1C12CCC(COc3ncccn3)(CC1)CC2. The predicted molar refractivity (Wildman–Crippen MR) is 119 cm³/mol. The molecular weight excluding hydrogens is 392 g/mol. The minimum Gasteiger partial charge on any atom is -0.463 e. The van der Waals surface area contributed by atoms with Gasteiger partial charge in [0.1, 0.15) is 11.9 Å². The molecule has 2 atom stereocenters. The van der Waals surface area contributed by atoms with Crippen molar-refractivity contribution in [2.75, 3.05) is 23.4 Å². The Bertz CT molecular complexity index is 953. The number of fused-ring (bicyclic) bond motifs is 4. The third-order valence-electron chi connectivity index (χ3n) is 7.99. The molecule has 3 fully saturated rings. The summed E-state index contributed by atoms with van der Waals surface area (Å²) in [5.74, 6) is 1.36. The molecule has 3 heterocycles. The van der Waals surface area contributed by atoms with Crippen LogP contribution in [0.3, 0.4) is 0 Å². The zero-order valence-corrected chi connectivity index (χ0v) is 18.4. The van der Waals surface area contributed by atoms with Crippen LogP contribution in [0.2, 0.25) is 0 Å². The summed E-state index contributed by atoms with van der Waals surface area (Å²) < 4.78 is 5.97. The van der Waals surface area contributed by atoms with E-state index in [9.17, 15) is 4.79 Å². The summed E-state index contributed by atoms with van der Waals surface area (Å²) in [6, 6.07) is 2.27. The first-order valence-corrected chi connectivity index (χ1v) is 11.5. The molecule has 2 unspecified atom stereocenters. The van der Waals surface area contributed by atoms with Crippen molar-refractivity contribution in [2.24, 2.45) is 16.7 Å².